The summed E-state index contributed by atoms with van der Waals surface area (Å²) in [5.74, 6) is 1.33. The molecule has 4 heteroatoms. The van der Waals surface area contributed by atoms with E-state index in [2.05, 4.69) is 66.6 Å². The highest BCUT2D eigenvalue weighted by atomic mass is 28.4. The van der Waals surface area contributed by atoms with Crippen LogP contribution >= 0.6 is 0 Å². The third kappa shape index (κ3) is 6.04. The summed E-state index contributed by atoms with van der Waals surface area (Å²) in [6, 6.07) is 3.78. The first-order valence-electron chi connectivity index (χ1n) is 13.1. The van der Waals surface area contributed by atoms with Crippen LogP contribution in [0.5, 0.6) is 0 Å². The van der Waals surface area contributed by atoms with Crippen LogP contribution in [-0.2, 0) is 9.26 Å². The van der Waals surface area contributed by atoms with Crippen LogP contribution in [0.4, 0.5) is 0 Å². The molecule has 0 aromatic rings. The molecule has 0 aromatic heterocycles. The van der Waals surface area contributed by atoms with Crippen LogP contribution in [-0.4, -0.2) is 27.2 Å². The Morgan fingerprint density at radius 1 is 1.23 bits per heavy atom. The summed E-state index contributed by atoms with van der Waals surface area (Å²) < 4.78 is 7.09. The SMILES string of the molecule is CC[Si](CC)(CC)O[C@H]1CCC[C@]2(C)C([C@H](C)CCC/C(=N\OC)C(C)(C)C)=CC[C@@H]12. The standard InChI is InChI=1S/C27H51NO2Si/c1-10-31(11-2,12-3)30-24-16-14-20-27(8)22(18-19-23(24)27)21(4)15-13-17-25(28-29-9)26(5,6)7/h18,21,23-24H,10-17,19-20H2,1-9H3/b28-25+/t21-,23+,24+,27-/m1/s1. The lowest BCUT2D eigenvalue weighted by molar-refractivity contribution is 0.0174. The van der Waals surface area contributed by atoms with E-state index in [-0.39, 0.29) is 5.41 Å². The van der Waals surface area contributed by atoms with E-state index in [1.807, 2.05) is 0 Å². The average Bonchev–Trinajstić information content (AvgIpc) is 3.08. The van der Waals surface area contributed by atoms with Gasteiger partial charge in [-0.05, 0) is 73.9 Å². The van der Waals surface area contributed by atoms with Gasteiger partial charge in [0.2, 0.25) is 0 Å². The smallest absolute Gasteiger partial charge is 0.192 e. The Morgan fingerprint density at radius 3 is 2.42 bits per heavy atom. The highest BCUT2D eigenvalue weighted by molar-refractivity contribution is 6.73. The fourth-order valence-corrected chi connectivity index (χ4v) is 9.27. The molecule has 0 radical (unpaired) electrons. The minimum absolute atomic E-state index is 0.0745. The quantitative estimate of drug-likeness (QED) is 0.137. The molecular formula is C27H51NO2Si. The summed E-state index contributed by atoms with van der Waals surface area (Å²) in [6.45, 7) is 18.8. The van der Waals surface area contributed by atoms with Gasteiger partial charge in [-0.15, -0.1) is 0 Å². The maximum absolute atomic E-state index is 7.09. The monoisotopic (exact) mass is 449 g/mol. The Balaban J connectivity index is 2.04. The summed E-state index contributed by atoms with van der Waals surface area (Å²) in [4.78, 5) is 5.12. The van der Waals surface area contributed by atoms with E-state index < -0.39 is 8.32 Å². The Bertz CT molecular complexity index is 623. The molecule has 2 aliphatic rings. The molecule has 0 N–H and O–H groups in total. The molecule has 1 saturated carbocycles. The van der Waals surface area contributed by atoms with Gasteiger partial charge in [-0.25, -0.2) is 0 Å². The summed E-state index contributed by atoms with van der Waals surface area (Å²) in [5, 5.41) is 4.33. The van der Waals surface area contributed by atoms with Crippen molar-refractivity contribution in [1.29, 1.82) is 0 Å². The largest absolute Gasteiger partial charge is 0.414 e. The zero-order chi connectivity index (χ0) is 23.3. The van der Waals surface area contributed by atoms with Gasteiger partial charge in [0.05, 0.1) is 5.71 Å². The molecule has 0 heterocycles. The molecule has 2 aliphatic carbocycles. The lowest BCUT2D eigenvalue weighted by atomic mass is 9.63. The lowest BCUT2D eigenvalue weighted by Gasteiger charge is -2.48. The number of allylic oxidation sites excluding steroid dienone is 2. The molecule has 3 nitrogen and oxygen atoms in total. The zero-order valence-electron chi connectivity index (χ0n) is 22.1. The van der Waals surface area contributed by atoms with Gasteiger partial charge in [0, 0.05) is 11.5 Å². The van der Waals surface area contributed by atoms with Gasteiger partial charge < -0.3 is 9.26 Å². The minimum Gasteiger partial charge on any atom is -0.414 e. The predicted molar refractivity (Wildman–Crippen MR) is 137 cm³/mol. The van der Waals surface area contributed by atoms with Gasteiger partial charge in [-0.3, -0.25) is 0 Å². The maximum Gasteiger partial charge on any atom is 0.192 e. The van der Waals surface area contributed by atoms with E-state index in [4.69, 9.17) is 9.26 Å². The molecule has 2 rings (SSSR count). The Hall–Kier alpha value is -0.613. The van der Waals surface area contributed by atoms with Gasteiger partial charge in [-0.2, -0.15) is 0 Å². The molecule has 0 bridgehead atoms. The van der Waals surface area contributed by atoms with Gasteiger partial charge in [-0.1, -0.05) is 78.6 Å². The van der Waals surface area contributed by atoms with Crippen molar-refractivity contribution in [2.45, 2.75) is 125 Å². The van der Waals surface area contributed by atoms with Gasteiger partial charge in [0.15, 0.2) is 8.32 Å². The fraction of sp³-hybridized carbons (Fsp3) is 0.889. The highest BCUT2D eigenvalue weighted by Gasteiger charge is 2.50. The predicted octanol–water partition coefficient (Wildman–Crippen LogP) is 8.37. The third-order valence-corrected chi connectivity index (χ3v) is 13.4. The zero-order valence-corrected chi connectivity index (χ0v) is 23.1. The molecule has 31 heavy (non-hydrogen) atoms. The van der Waals surface area contributed by atoms with Crippen LogP contribution in [0.25, 0.3) is 0 Å². The third-order valence-electron chi connectivity index (χ3n) is 8.69. The van der Waals surface area contributed by atoms with E-state index in [1.165, 1.54) is 62.4 Å². The van der Waals surface area contributed by atoms with Crippen molar-refractivity contribution >= 4 is 14.0 Å². The first-order valence-corrected chi connectivity index (χ1v) is 15.6. The van der Waals surface area contributed by atoms with Crippen molar-refractivity contribution < 1.29 is 9.26 Å². The van der Waals surface area contributed by atoms with Gasteiger partial charge in [0.1, 0.15) is 7.11 Å². The normalized spacial score (nSPS) is 28.3. The van der Waals surface area contributed by atoms with Crippen LogP contribution in [0, 0.1) is 22.7 Å². The van der Waals surface area contributed by atoms with Crippen LogP contribution in [0.3, 0.4) is 0 Å². The summed E-state index contributed by atoms with van der Waals surface area (Å²) in [5.41, 5.74) is 3.32. The van der Waals surface area contributed by atoms with E-state index in [0.29, 0.717) is 23.4 Å². The second-order valence-electron chi connectivity index (χ2n) is 11.5. The van der Waals surface area contributed by atoms with Crippen molar-refractivity contribution in [3.63, 3.8) is 0 Å². The molecule has 0 spiro atoms. The summed E-state index contributed by atoms with van der Waals surface area (Å²) >= 11 is 0. The molecule has 0 aromatic carbocycles. The topological polar surface area (TPSA) is 30.8 Å². The van der Waals surface area contributed by atoms with Gasteiger partial charge in [0.25, 0.3) is 0 Å². The van der Waals surface area contributed by atoms with E-state index in [1.54, 1.807) is 12.7 Å². The van der Waals surface area contributed by atoms with Crippen LogP contribution in [0.15, 0.2) is 16.8 Å². The second-order valence-corrected chi connectivity index (χ2v) is 16.2. The molecule has 0 amide bonds. The van der Waals surface area contributed by atoms with Crippen LogP contribution < -0.4 is 0 Å². The van der Waals surface area contributed by atoms with E-state index >= 15 is 0 Å². The average molecular weight is 450 g/mol. The summed E-state index contributed by atoms with van der Waals surface area (Å²) in [7, 11) is 0.106. The Morgan fingerprint density at radius 2 is 1.87 bits per heavy atom. The Labute approximate surface area is 194 Å². The van der Waals surface area contributed by atoms with Crippen molar-refractivity contribution in [1.82, 2.24) is 0 Å². The number of nitrogens with zero attached hydrogens (tertiary/aromatic N) is 1. The van der Waals surface area contributed by atoms with Crippen molar-refractivity contribution in [3.05, 3.63) is 11.6 Å². The first-order chi connectivity index (χ1) is 14.6. The number of hydrogen-bond acceptors (Lipinski definition) is 3. The number of oxime groups is 1. The maximum atomic E-state index is 7.09. The van der Waals surface area contributed by atoms with Crippen molar-refractivity contribution in [2.75, 3.05) is 7.11 Å². The molecule has 0 unspecified atom stereocenters. The number of hydrogen-bond donors (Lipinski definition) is 0. The number of fused-ring (bicyclic) bond motifs is 1. The Kier molecular flexibility index (Phi) is 9.46. The van der Waals surface area contributed by atoms with Crippen molar-refractivity contribution in [3.8, 4) is 0 Å². The minimum atomic E-state index is -1.55. The van der Waals surface area contributed by atoms with E-state index in [0.717, 1.165) is 6.42 Å². The summed E-state index contributed by atoms with van der Waals surface area (Å²) in [6.07, 6.45) is 11.7. The fourth-order valence-electron chi connectivity index (χ4n) is 6.35. The molecule has 180 valence electrons. The second kappa shape index (κ2) is 11.0. The molecule has 1 fully saturated rings. The van der Waals surface area contributed by atoms with Crippen molar-refractivity contribution in [2.24, 2.45) is 27.8 Å². The molecule has 0 saturated heterocycles. The highest BCUT2D eigenvalue weighted by Crippen LogP contribution is 2.56. The van der Waals surface area contributed by atoms with Gasteiger partial charge >= 0.3 is 0 Å². The number of rotatable bonds is 11. The molecule has 0 aliphatic heterocycles. The molecule has 4 atom stereocenters. The van der Waals surface area contributed by atoms with Crippen LogP contribution in [0.1, 0.15) is 100 Å². The lowest BCUT2D eigenvalue weighted by Crippen LogP contribution is -2.48. The molecular weight excluding hydrogens is 398 g/mol. The first kappa shape index (κ1) is 26.6. The van der Waals surface area contributed by atoms with Crippen LogP contribution in [0.2, 0.25) is 18.1 Å². The van der Waals surface area contributed by atoms with E-state index in [9.17, 15) is 0 Å².